The number of benzene rings is 2. The van der Waals surface area contributed by atoms with Crippen LogP contribution in [0.2, 0.25) is 5.02 Å². The van der Waals surface area contributed by atoms with Crippen molar-refractivity contribution < 1.29 is 4.79 Å². The largest absolute Gasteiger partial charge is 0.338 e. The smallest absolute Gasteiger partial charge is 0.219 e. The first-order valence-electron chi connectivity index (χ1n) is 9.11. The van der Waals surface area contributed by atoms with Crippen molar-refractivity contribution in [1.82, 2.24) is 14.3 Å². The van der Waals surface area contributed by atoms with Crippen LogP contribution in [-0.2, 0) is 17.8 Å². The summed E-state index contributed by atoms with van der Waals surface area (Å²) in [5.74, 6) is 0.0859. The maximum atomic E-state index is 12.1. The number of carbonyl (C=O) groups excluding carboxylic acids is 1. The molecule has 0 aliphatic rings. The topological polar surface area (TPSA) is 37.6 Å². The number of hydrogen-bond acceptors (Lipinski definition) is 3. The van der Waals surface area contributed by atoms with Gasteiger partial charge in [-0.1, -0.05) is 54.1 Å². The molecule has 4 rings (SSSR count). The maximum Gasteiger partial charge on any atom is 0.219 e. The second-order valence-electron chi connectivity index (χ2n) is 6.69. The first kappa shape index (κ1) is 18.7. The number of fused-ring (bicyclic) bond motifs is 1. The number of hydrogen-bond donors (Lipinski definition) is 0. The zero-order valence-corrected chi connectivity index (χ0v) is 17.1. The molecule has 0 fully saturated rings. The Labute approximate surface area is 173 Å². The van der Waals surface area contributed by atoms with Gasteiger partial charge in [0.15, 0.2) is 4.96 Å². The highest BCUT2D eigenvalue weighted by atomic mass is 35.5. The fourth-order valence-electron chi connectivity index (χ4n) is 3.17. The number of carbonyl (C=O) groups is 1. The van der Waals surface area contributed by atoms with E-state index in [1.807, 2.05) is 59.5 Å². The molecule has 2 heterocycles. The summed E-state index contributed by atoms with van der Waals surface area (Å²) in [5.41, 5.74) is 4.27. The molecule has 0 spiro atoms. The molecule has 28 heavy (non-hydrogen) atoms. The molecule has 1 amide bonds. The third-order valence-corrected chi connectivity index (χ3v) is 5.86. The second-order valence-corrected chi connectivity index (χ2v) is 7.96. The predicted molar refractivity (Wildman–Crippen MR) is 115 cm³/mol. The van der Waals surface area contributed by atoms with Crippen LogP contribution in [0.1, 0.15) is 18.2 Å². The van der Waals surface area contributed by atoms with Crippen molar-refractivity contribution in [2.24, 2.45) is 0 Å². The van der Waals surface area contributed by atoms with E-state index in [2.05, 4.69) is 16.0 Å². The number of amides is 1. The van der Waals surface area contributed by atoms with Gasteiger partial charge in [-0.05, 0) is 17.7 Å². The number of nitrogens with zero attached hydrogens (tertiary/aromatic N) is 3. The van der Waals surface area contributed by atoms with Gasteiger partial charge < -0.3 is 4.90 Å². The summed E-state index contributed by atoms with van der Waals surface area (Å²) in [7, 11) is 0. The maximum absolute atomic E-state index is 12.1. The molecule has 2 aromatic carbocycles. The van der Waals surface area contributed by atoms with Gasteiger partial charge in [0.1, 0.15) is 0 Å². The van der Waals surface area contributed by atoms with E-state index < -0.39 is 0 Å². The molecule has 0 aliphatic heterocycles. The minimum atomic E-state index is 0.0859. The first-order valence-corrected chi connectivity index (χ1v) is 10.4. The molecule has 4 aromatic rings. The molecule has 0 bridgehead atoms. The lowest BCUT2D eigenvalue weighted by Crippen LogP contribution is -2.30. The normalized spacial score (nSPS) is 11.1. The number of imidazole rings is 1. The SMILES string of the molecule is CC(=O)N(CCc1csc2nc(-c3ccc(Cl)cc3)cn12)Cc1ccccc1. The number of thiazole rings is 1. The van der Waals surface area contributed by atoms with Gasteiger partial charge in [-0.25, -0.2) is 4.98 Å². The highest BCUT2D eigenvalue weighted by Gasteiger charge is 2.13. The van der Waals surface area contributed by atoms with Crippen LogP contribution in [0.4, 0.5) is 0 Å². The van der Waals surface area contributed by atoms with Crippen LogP contribution in [0, 0.1) is 0 Å². The van der Waals surface area contributed by atoms with Crippen LogP contribution in [-0.4, -0.2) is 26.7 Å². The first-order chi connectivity index (χ1) is 13.6. The summed E-state index contributed by atoms with van der Waals surface area (Å²) < 4.78 is 2.12. The van der Waals surface area contributed by atoms with E-state index >= 15 is 0 Å². The minimum Gasteiger partial charge on any atom is -0.338 e. The van der Waals surface area contributed by atoms with E-state index in [-0.39, 0.29) is 5.91 Å². The molecule has 0 saturated heterocycles. The molecule has 2 aromatic heterocycles. The summed E-state index contributed by atoms with van der Waals surface area (Å²) in [5, 5.41) is 2.84. The highest BCUT2D eigenvalue weighted by Crippen LogP contribution is 2.25. The van der Waals surface area contributed by atoms with Crippen molar-refractivity contribution in [2.45, 2.75) is 19.9 Å². The zero-order valence-electron chi connectivity index (χ0n) is 15.5. The average molecular weight is 410 g/mol. The summed E-state index contributed by atoms with van der Waals surface area (Å²) in [6.07, 6.45) is 2.84. The van der Waals surface area contributed by atoms with Crippen LogP contribution < -0.4 is 0 Å². The van der Waals surface area contributed by atoms with Crippen LogP contribution in [0.15, 0.2) is 66.2 Å². The van der Waals surface area contributed by atoms with Gasteiger partial charge in [-0.3, -0.25) is 9.20 Å². The minimum absolute atomic E-state index is 0.0859. The zero-order chi connectivity index (χ0) is 19.5. The Morgan fingerprint density at radius 1 is 1.14 bits per heavy atom. The Balaban J connectivity index is 1.51. The molecule has 0 saturated carbocycles. The van der Waals surface area contributed by atoms with E-state index in [0.717, 1.165) is 33.9 Å². The Morgan fingerprint density at radius 2 is 1.89 bits per heavy atom. The van der Waals surface area contributed by atoms with Crippen molar-refractivity contribution in [2.75, 3.05) is 6.54 Å². The fourth-order valence-corrected chi connectivity index (χ4v) is 4.20. The molecule has 142 valence electrons. The Bertz CT molecular complexity index is 1090. The summed E-state index contributed by atoms with van der Waals surface area (Å²) in [6.45, 7) is 2.93. The quantitative estimate of drug-likeness (QED) is 0.433. The third kappa shape index (κ3) is 4.11. The lowest BCUT2D eigenvalue weighted by atomic mass is 10.2. The molecule has 0 atom stereocenters. The lowest BCUT2D eigenvalue weighted by Gasteiger charge is -2.21. The van der Waals surface area contributed by atoms with Crippen molar-refractivity contribution >= 4 is 33.8 Å². The van der Waals surface area contributed by atoms with Gasteiger partial charge >= 0.3 is 0 Å². The Hall–Kier alpha value is -2.63. The molecule has 4 nitrogen and oxygen atoms in total. The number of halogens is 1. The van der Waals surface area contributed by atoms with E-state index in [1.54, 1.807) is 18.3 Å². The van der Waals surface area contributed by atoms with Gasteiger partial charge in [0.05, 0.1) is 5.69 Å². The van der Waals surface area contributed by atoms with Crippen molar-refractivity contribution in [3.8, 4) is 11.3 Å². The van der Waals surface area contributed by atoms with Gasteiger partial charge in [-0.2, -0.15) is 0 Å². The van der Waals surface area contributed by atoms with Crippen LogP contribution >= 0.6 is 22.9 Å². The summed E-state index contributed by atoms with van der Waals surface area (Å²) in [6, 6.07) is 17.8. The third-order valence-electron chi connectivity index (χ3n) is 4.72. The van der Waals surface area contributed by atoms with Gasteiger partial charge in [-0.15, -0.1) is 11.3 Å². The molecule has 0 N–H and O–H groups in total. The molecule has 6 heteroatoms. The van der Waals surface area contributed by atoms with Crippen LogP contribution in [0.5, 0.6) is 0 Å². The predicted octanol–water partition coefficient (Wildman–Crippen LogP) is 5.31. The Kier molecular flexibility index (Phi) is 5.46. The summed E-state index contributed by atoms with van der Waals surface area (Å²) in [4.78, 5) is 19.6. The molecule has 0 radical (unpaired) electrons. The van der Waals surface area contributed by atoms with Gasteiger partial charge in [0, 0.05) is 54.3 Å². The van der Waals surface area contributed by atoms with E-state index in [9.17, 15) is 4.79 Å². The number of aromatic nitrogens is 2. The van der Waals surface area contributed by atoms with Crippen LogP contribution in [0.3, 0.4) is 0 Å². The van der Waals surface area contributed by atoms with Crippen molar-refractivity contribution in [1.29, 1.82) is 0 Å². The highest BCUT2D eigenvalue weighted by molar-refractivity contribution is 7.15. The van der Waals surface area contributed by atoms with Crippen LogP contribution in [0.25, 0.3) is 16.2 Å². The van der Waals surface area contributed by atoms with Crippen molar-refractivity contribution in [3.63, 3.8) is 0 Å². The molecule has 0 unspecified atom stereocenters. The molecular formula is C22H20ClN3OS. The summed E-state index contributed by atoms with van der Waals surface area (Å²) >= 11 is 7.60. The molecule has 0 aliphatic carbocycles. The lowest BCUT2D eigenvalue weighted by molar-refractivity contribution is -0.129. The second kappa shape index (κ2) is 8.17. The van der Waals surface area contributed by atoms with Gasteiger partial charge in [0.2, 0.25) is 5.91 Å². The van der Waals surface area contributed by atoms with E-state index in [1.165, 1.54) is 0 Å². The van der Waals surface area contributed by atoms with Crippen molar-refractivity contribution in [3.05, 3.63) is 82.5 Å². The number of rotatable bonds is 6. The molecular weight excluding hydrogens is 390 g/mol. The van der Waals surface area contributed by atoms with E-state index in [0.29, 0.717) is 18.1 Å². The fraction of sp³-hybridized carbons (Fsp3) is 0.182. The van der Waals surface area contributed by atoms with Gasteiger partial charge in [0.25, 0.3) is 0 Å². The standard InChI is InChI=1S/C22H20ClN3OS/c1-16(27)25(13-17-5-3-2-4-6-17)12-11-20-15-28-22-24-21(14-26(20)22)18-7-9-19(23)10-8-18/h2-10,14-15H,11-13H2,1H3. The average Bonchev–Trinajstić information content (AvgIpc) is 3.27. The monoisotopic (exact) mass is 409 g/mol. The van der Waals surface area contributed by atoms with E-state index in [4.69, 9.17) is 16.6 Å². The Morgan fingerprint density at radius 3 is 2.61 bits per heavy atom.